The van der Waals surface area contributed by atoms with Crippen LogP contribution < -0.4 is 5.32 Å². The molecule has 0 bridgehead atoms. The van der Waals surface area contributed by atoms with Crippen molar-refractivity contribution in [2.45, 2.75) is 32.0 Å². The molecule has 2 aliphatic rings. The Kier molecular flexibility index (Phi) is 3.53. The van der Waals surface area contributed by atoms with E-state index in [1.807, 2.05) is 24.0 Å². The molecule has 4 nitrogen and oxygen atoms in total. The summed E-state index contributed by atoms with van der Waals surface area (Å²) in [6, 6.07) is 8.44. The van der Waals surface area contributed by atoms with E-state index < -0.39 is 0 Å². The van der Waals surface area contributed by atoms with E-state index in [0.717, 1.165) is 13.0 Å². The first kappa shape index (κ1) is 12.6. The minimum atomic E-state index is -0.0875. The molecule has 1 unspecified atom stereocenters. The van der Waals surface area contributed by atoms with Gasteiger partial charge in [-0.05, 0) is 24.5 Å². The van der Waals surface area contributed by atoms with Gasteiger partial charge in [-0.25, -0.2) is 0 Å². The molecule has 2 heterocycles. The lowest BCUT2D eigenvalue weighted by Gasteiger charge is -2.37. The number of carbonyl (C=O) groups excluding carboxylic acids is 1. The van der Waals surface area contributed by atoms with Crippen molar-refractivity contribution in [2.75, 3.05) is 19.8 Å². The van der Waals surface area contributed by atoms with Crippen LogP contribution in [0, 0.1) is 0 Å². The van der Waals surface area contributed by atoms with E-state index in [1.54, 1.807) is 0 Å². The quantitative estimate of drug-likeness (QED) is 0.817. The second-order valence-electron chi connectivity index (χ2n) is 5.36. The Morgan fingerprint density at radius 1 is 1.37 bits per heavy atom. The Morgan fingerprint density at radius 2 is 2.16 bits per heavy atom. The SMILES string of the molecule is CC1COCCN1C(=O)[C@H]1Cc2ccccc2CN1. The van der Waals surface area contributed by atoms with Crippen molar-refractivity contribution < 1.29 is 9.53 Å². The fourth-order valence-corrected chi connectivity index (χ4v) is 2.88. The van der Waals surface area contributed by atoms with Crippen LogP contribution in [0.25, 0.3) is 0 Å². The third-order valence-corrected chi connectivity index (χ3v) is 4.03. The van der Waals surface area contributed by atoms with Crippen LogP contribution in [0.2, 0.25) is 0 Å². The highest BCUT2D eigenvalue weighted by Crippen LogP contribution is 2.18. The smallest absolute Gasteiger partial charge is 0.240 e. The summed E-state index contributed by atoms with van der Waals surface area (Å²) in [6.45, 7) is 4.84. The van der Waals surface area contributed by atoms with Crippen LogP contribution in [0.4, 0.5) is 0 Å². The van der Waals surface area contributed by atoms with Crippen molar-refractivity contribution in [1.82, 2.24) is 10.2 Å². The van der Waals surface area contributed by atoms with Gasteiger partial charge in [0.05, 0.1) is 25.3 Å². The third-order valence-electron chi connectivity index (χ3n) is 4.03. The van der Waals surface area contributed by atoms with E-state index in [9.17, 15) is 4.79 Å². The molecule has 4 heteroatoms. The molecule has 19 heavy (non-hydrogen) atoms. The topological polar surface area (TPSA) is 41.6 Å². The van der Waals surface area contributed by atoms with Gasteiger partial charge < -0.3 is 15.0 Å². The third kappa shape index (κ3) is 2.51. The maximum absolute atomic E-state index is 12.6. The summed E-state index contributed by atoms with van der Waals surface area (Å²) in [4.78, 5) is 14.5. The lowest BCUT2D eigenvalue weighted by Crippen LogP contribution is -2.55. The Morgan fingerprint density at radius 3 is 2.95 bits per heavy atom. The van der Waals surface area contributed by atoms with E-state index in [0.29, 0.717) is 19.8 Å². The largest absolute Gasteiger partial charge is 0.377 e. The van der Waals surface area contributed by atoms with Crippen molar-refractivity contribution in [3.8, 4) is 0 Å². The molecule has 0 aliphatic carbocycles. The molecule has 1 aromatic rings. The zero-order chi connectivity index (χ0) is 13.2. The summed E-state index contributed by atoms with van der Waals surface area (Å²) in [6.07, 6.45) is 0.791. The van der Waals surface area contributed by atoms with Gasteiger partial charge in [0, 0.05) is 13.1 Å². The van der Waals surface area contributed by atoms with E-state index >= 15 is 0 Å². The van der Waals surface area contributed by atoms with Crippen molar-refractivity contribution in [2.24, 2.45) is 0 Å². The highest BCUT2D eigenvalue weighted by Gasteiger charge is 2.31. The first-order chi connectivity index (χ1) is 9.25. The summed E-state index contributed by atoms with van der Waals surface area (Å²) >= 11 is 0. The van der Waals surface area contributed by atoms with Crippen molar-refractivity contribution in [3.63, 3.8) is 0 Å². The Hall–Kier alpha value is -1.39. The Balaban J connectivity index is 1.72. The Bertz CT molecular complexity index is 475. The first-order valence-electron chi connectivity index (χ1n) is 6.94. The van der Waals surface area contributed by atoms with Crippen LogP contribution >= 0.6 is 0 Å². The van der Waals surface area contributed by atoms with Crippen LogP contribution in [0.5, 0.6) is 0 Å². The van der Waals surface area contributed by atoms with Crippen molar-refractivity contribution in [3.05, 3.63) is 35.4 Å². The average Bonchev–Trinajstić information content (AvgIpc) is 2.46. The van der Waals surface area contributed by atoms with Gasteiger partial charge in [-0.2, -0.15) is 0 Å². The summed E-state index contributed by atoms with van der Waals surface area (Å²) in [7, 11) is 0. The number of rotatable bonds is 1. The monoisotopic (exact) mass is 260 g/mol. The predicted octanol–water partition coefficient (Wildman–Crippen LogP) is 0.948. The van der Waals surface area contributed by atoms with Crippen LogP contribution in [0.3, 0.4) is 0 Å². The molecule has 3 rings (SSSR count). The summed E-state index contributed by atoms with van der Waals surface area (Å²) in [5, 5.41) is 3.36. The van der Waals surface area contributed by atoms with Gasteiger partial charge in [0.1, 0.15) is 0 Å². The number of morpholine rings is 1. The molecule has 102 valence electrons. The Labute approximate surface area is 113 Å². The highest BCUT2D eigenvalue weighted by molar-refractivity contribution is 5.83. The van der Waals surface area contributed by atoms with Crippen LogP contribution in [-0.4, -0.2) is 42.6 Å². The van der Waals surface area contributed by atoms with Crippen LogP contribution in [0.1, 0.15) is 18.1 Å². The lowest BCUT2D eigenvalue weighted by molar-refractivity contribution is -0.141. The number of hydrogen-bond donors (Lipinski definition) is 1. The highest BCUT2D eigenvalue weighted by atomic mass is 16.5. The molecular formula is C15H20N2O2. The molecule has 2 atom stereocenters. The maximum Gasteiger partial charge on any atom is 0.240 e. The van der Waals surface area contributed by atoms with E-state index in [-0.39, 0.29) is 18.0 Å². The molecule has 1 amide bonds. The second-order valence-corrected chi connectivity index (χ2v) is 5.36. The zero-order valence-corrected chi connectivity index (χ0v) is 11.3. The van der Waals surface area contributed by atoms with Gasteiger partial charge in [-0.3, -0.25) is 4.79 Å². The summed E-state index contributed by atoms with van der Waals surface area (Å²) in [5.41, 5.74) is 2.60. The first-order valence-corrected chi connectivity index (χ1v) is 6.94. The number of hydrogen-bond acceptors (Lipinski definition) is 3. The van der Waals surface area contributed by atoms with Gasteiger partial charge in [0.2, 0.25) is 5.91 Å². The average molecular weight is 260 g/mol. The van der Waals surface area contributed by atoms with Crippen LogP contribution in [0.15, 0.2) is 24.3 Å². The van der Waals surface area contributed by atoms with Crippen LogP contribution in [-0.2, 0) is 22.5 Å². The van der Waals surface area contributed by atoms with Crippen molar-refractivity contribution in [1.29, 1.82) is 0 Å². The number of nitrogens with one attached hydrogen (secondary N) is 1. The summed E-state index contributed by atoms with van der Waals surface area (Å²) in [5.74, 6) is 0.213. The minimum Gasteiger partial charge on any atom is -0.377 e. The molecule has 1 fully saturated rings. The molecule has 1 N–H and O–H groups in total. The number of ether oxygens (including phenoxy) is 1. The van der Waals surface area contributed by atoms with Gasteiger partial charge in [-0.1, -0.05) is 24.3 Å². The second kappa shape index (κ2) is 5.31. The van der Waals surface area contributed by atoms with E-state index in [1.165, 1.54) is 11.1 Å². The van der Waals surface area contributed by atoms with E-state index in [4.69, 9.17) is 4.74 Å². The molecule has 1 aromatic carbocycles. The van der Waals surface area contributed by atoms with Gasteiger partial charge in [-0.15, -0.1) is 0 Å². The number of amides is 1. The number of nitrogens with zero attached hydrogens (tertiary/aromatic N) is 1. The fourth-order valence-electron chi connectivity index (χ4n) is 2.88. The fraction of sp³-hybridized carbons (Fsp3) is 0.533. The van der Waals surface area contributed by atoms with Gasteiger partial charge in [0.25, 0.3) is 0 Å². The normalized spacial score (nSPS) is 26.9. The zero-order valence-electron chi connectivity index (χ0n) is 11.3. The number of benzene rings is 1. The van der Waals surface area contributed by atoms with Gasteiger partial charge in [0.15, 0.2) is 0 Å². The molecular weight excluding hydrogens is 240 g/mol. The standard InChI is InChI=1S/C15H20N2O2/c1-11-10-19-7-6-17(11)15(18)14-8-12-4-2-3-5-13(12)9-16-14/h2-5,11,14,16H,6-10H2,1H3/t11?,14-/m1/s1. The molecule has 0 radical (unpaired) electrons. The molecule has 2 aliphatic heterocycles. The minimum absolute atomic E-state index is 0.0875. The summed E-state index contributed by atoms with van der Waals surface area (Å²) < 4.78 is 5.39. The predicted molar refractivity (Wildman–Crippen MR) is 72.8 cm³/mol. The maximum atomic E-state index is 12.6. The van der Waals surface area contributed by atoms with Crippen molar-refractivity contribution >= 4 is 5.91 Å². The van der Waals surface area contributed by atoms with E-state index in [2.05, 4.69) is 17.4 Å². The molecule has 0 saturated carbocycles. The molecule has 0 aromatic heterocycles. The van der Waals surface area contributed by atoms with Gasteiger partial charge >= 0.3 is 0 Å². The molecule has 0 spiro atoms. The number of fused-ring (bicyclic) bond motifs is 1. The molecule has 1 saturated heterocycles. The number of carbonyl (C=O) groups is 1. The lowest BCUT2D eigenvalue weighted by atomic mass is 9.95.